The Hall–Kier alpha value is -0.910. The predicted molar refractivity (Wildman–Crippen MR) is 57.4 cm³/mol. The summed E-state index contributed by atoms with van der Waals surface area (Å²) in [6.07, 6.45) is 3.58. The summed E-state index contributed by atoms with van der Waals surface area (Å²) in [6.45, 7) is 4.42. The van der Waals surface area contributed by atoms with Gasteiger partial charge in [-0.25, -0.2) is 4.98 Å². The highest BCUT2D eigenvalue weighted by Crippen LogP contribution is 1.97. The smallest absolute Gasteiger partial charge is 0.169 e. The molecule has 1 heterocycles. The Bertz CT molecular complexity index is 271. The second-order valence-corrected chi connectivity index (χ2v) is 3.16. The molecule has 1 N–H and O–H groups in total. The van der Waals surface area contributed by atoms with Crippen LogP contribution in [0.15, 0.2) is 12.4 Å². The number of aromatic nitrogens is 2. The van der Waals surface area contributed by atoms with Crippen molar-refractivity contribution in [3.05, 3.63) is 18.2 Å². The van der Waals surface area contributed by atoms with Crippen molar-refractivity contribution in [3.8, 4) is 0 Å². The molecule has 0 aliphatic rings. The van der Waals surface area contributed by atoms with Crippen LogP contribution in [0.3, 0.4) is 0 Å². The normalized spacial score (nSPS) is 11.2. The van der Waals surface area contributed by atoms with E-state index in [9.17, 15) is 0 Å². The summed E-state index contributed by atoms with van der Waals surface area (Å²) in [5, 5.41) is 3.23. The van der Waals surface area contributed by atoms with Gasteiger partial charge in [-0.2, -0.15) is 0 Å². The standard InChI is InChI=1S/C10H19N3O2/c1-4-13-6-5-12-9(13)7-11-8-10(14-2)15-3/h5-6,10-11H,4,7-8H2,1-3H3. The van der Waals surface area contributed by atoms with Crippen LogP contribution in [0.5, 0.6) is 0 Å². The lowest BCUT2D eigenvalue weighted by Gasteiger charge is -2.14. The van der Waals surface area contributed by atoms with Gasteiger partial charge in [-0.15, -0.1) is 0 Å². The van der Waals surface area contributed by atoms with Crippen LogP contribution in [0.1, 0.15) is 12.7 Å². The van der Waals surface area contributed by atoms with Crippen LogP contribution in [-0.4, -0.2) is 36.6 Å². The molecule has 0 saturated carbocycles. The Kier molecular flexibility index (Phi) is 5.31. The summed E-state index contributed by atoms with van der Waals surface area (Å²) in [7, 11) is 3.26. The molecule has 0 saturated heterocycles. The van der Waals surface area contributed by atoms with Crippen molar-refractivity contribution in [1.82, 2.24) is 14.9 Å². The van der Waals surface area contributed by atoms with E-state index in [4.69, 9.17) is 9.47 Å². The van der Waals surface area contributed by atoms with E-state index in [-0.39, 0.29) is 6.29 Å². The zero-order chi connectivity index (χ0) is 11.1. The molecule has 0 aromatic carbocycles. The fourth-order valence-corrected chi connectivity index (χ4v) is 1.36. The molecule has 0 aliphatic heterocycles. The number of rotatable bonds is 7. The number of ether oxygens (including phenoxy) is 2. The van der Waals surface area contributed by atoms with Gasteiger partial charge >= 0.3 is 0 Å². The molecule has 0 bridgehead atoms. The highest BCUT2D eigenvalue weighted by atomic mass is 16.7. The number of hydrogen-bond donors (Lipinski definition) is 1. The van der Waals surface area contributed by atoms with Crippen LogP contribution < -0.4 is 5.32 Å². The number of nitrogens with zero attached hydrogens (tertiary/aromatic N) is 2. The fraction of sp³-hybridized carbons (Fsp3) is 0.700. The van der Waals surface area contributed by atoms with Crippen molar-refractivity contribution >= 4 is 0 Å². The molecule has 0 spiro atoms. The van der Waals surface area contributed by atoms with Crippen LogP contribution in [-0.2, 0) is 22.6 Å². The van der Waals surface area contributed by atoms with E-state index in [0.717, 1.165) is 18.9 Å². The van der Waals surface area contributed by atoms with Gasteiger partial charge in [0.05, 0.1) is 6.54 Å². The van der Waals surface area contributed by atoms with Gasteiger partial charge in [-0.05, 0) is 6.92 Å². The lowest BCUT2D eigenvalue weighted by atomic mass is 10.5. The zero-order valence-corrected chi connectivity index (χ0v) is 9.56. The second kappa shape index (κ2) is 6.55. The Morgan fingerprint density at radius 2 is 2.20 bits per heavy atom. The van der Waals surface area contributed by atoms with E-state index in [0.29, 0.717) is 6.54 Å². The lowest BCUT2D eigenvalue weighted by molar-refractivity contribution is -0.0989. The van der Waals surface area contributed by atoms with Gasteiger partial charge in [0.15, 0.2) is 6.29 Å². The van der Waals surface area contributed by atoms with Crippen LogP contribution >= 0.6 is 0 Å². The summed E-state index contributed by atoms with van der Waals surface area (Å²) in [4.78, 5) is 4.25. The molecule has 5 heteroatoms. The molecule has 0 fully saturated rings. The fourth-order valence-electron chi connectivity index (χ4n) is 1.36. The molecule has 5 nitrogen and oxygen atoms in total. The largest absolute Gasteiger partial charge is 0.355 e. The SMILES string of the molecule is CCn1ccnc1CNCC(OC)OC. The third-order valence-corrected chi connectivity index (χ3v) is 2.26. The van der Waals surface area contributed by atoms with E-state index >= 15 is 0 Å². The minimum absolute atomic E-state index is 0.199. The second-order valence-electron chi connectivity index (χ2n) is 3.16. The Labute approximate surface area is 90.4 Å². The Balaban J connectivity index is 2.31. The van der Waals surface area contributed by atoms with Gasteiger partial charge in [0, 0.05) is 39.7 Å². The molecule has 1 aromatic heterocycles. The number of hydrogen-bond acceptors (Lipinski definition) is 4. The molecule has 0 atom stereocenters. The first-order chi connectivity index (χ1) is 7.31. The van der Waals surface area contributed by atoms with Gasteiger partial charge in [-0.1, -0.05) is 0 Å². The lowest BCUT2D eigenvalue weighted by Crippen LogP contribution is -2.30. The van der Waals surface area contributed by atoms with Crippen LogP contribution in [0, 0.1) is 0 Å². The van der Waals surface area contributed by atoms with Crippen molar-refractivity contribution in [2.24, 2.45) is 0 Å². The molecule has 15 heavy (non-hydrogen) atoms. The zero-order valence-electron chi connectivity index (χ0n) is 9.56. The topological polar surface area (TPSA) is 48.3 Å². The first-order valence-corrected chi connectivity index (χ1v) is 5.08. The Morgan fingerprint density at radius 1 is 1.47 bits per heavy atom. The maximum absolute atomic E-state index is 5.06. The maximum Gasteiger partial charge on any atom is 0.169 e. The van der Waals surface area contributed by atoms with E-state index in [1.165, 1.54) is 0 Å². The first-order valence-electron chi connectivity index (χ1n) is 5.08. The monoisotopic (exact) mass is 213 g/mol. The van der Waals surface area contributed by atoms with Gasteiger partial charge in [0.25, 0.3) is 0 Å². The predicted octanol–water partition coefficient (Wildman–Crippen LogP) is 0.611. The molecule has 0 radical (unpaired) electrons. The molecule has 1 aromatic rings. The van der Waals surface area contributed by atoms with Crippen LogP contribution in [0.2, 0.25) is 0 Å². The van der Waals surface area contributed by atoms with Crippen molar-refractivity contribution in [3.63, 3.8) is 0 Å². The molecule has 0 unspecified atom stereocenters. The maximum atomic E-state index is 5.06. The summed E-state index contributed by atoms with van der Waals surface area (Å²) >= 11 is 0. The third kappa shape index (κ3) is 3.62. The third-order valence-electron chi connectivity index (χ3n) is 2.26. The average Bonchev–Trinajstić information content (AvgIpc) is 2.72. The van der Waals surface area contributed by atoms with Crippen molar-refractivity contribution in [2.45, 2.75) is 26.3 Å². The number of nitrogens with one attached hydrogen (secondary N) is 1. The van der Waals surface area contributed by atoms with E-state index < -0.39 is 0 Å². The summed E-state index contributed by atoms with van der Waals surface area (Å²) in [5.74, 6) is 1.03. The van der Waals surface area contributed by atoms with Crippen molar-refractivity contribution < 1.29 is 9.47 Å². The highest BCUT2D eigenvalue weighted by molar-refractivity contribution is 4.91. The first kappa shape index (κ1) is 12.2. The van der Waals surface area contributed by atoms with E-state index in [1.54, 1.807) is 14.2 Å². The van der Waals surface area contributed by atoms with E-state index in [1.807, 2.05) is 12.4 Å². The van der Waals surface area contributed by atoms with Crippen molar-refractivity contribution in [1.29, 1.82) is 0 Å². The average molecular weight is 213 g/mol. The minimum atomic E-state index is -0.199. The molecule has 0 aliphatic carbocycles. The molecular weight excluding hydrogens is 194 g/mol. The van der Waals surface area contributed by atoms with E-state index in [2.05, 4.69) is 21.8 Å². The summed E-state index contributed by atoms with van der Waals surface area (Å²) in [6, 6.07) is 0. The minimum Gasteiger partial charge on any atom is -0.355 e. The van der Waals surface area contributed by atoms with Gasteiger partial charge in [-0.3, -0.25) is 0 Å². The molecule has 0 amide bonds. The van der Waals surface area contributed by atoms with Crippen molar-refractivity contribution in [2.75, 3.05) is 20.8 Å². The molecular formula is C10H19N3O2. The number of aryl methyl sites for hydroxylation is 1. The van der Waals surface area contributed by atoms with Gasteiger partial charge in [0.2, 0.25) is 0 Å². The van der Waals surface area contributed by atoms with Gasteiger partial charge in [0.1, 0.15) is 5.82 Å². The molecule has 1 rings (SSSR count). The Morgan fingerprint density at radius 3 is 2.80 bits per heavy atom. The van der Waals surface area contributed by atoms with Crippen LogP contribution in [0.4, 0.5) is 0 Å². The number of imidazole rings is 1. The van der Waals surface area contributed by atoms with Crippen LogP contribution in [0.25, 0.3) is 0 Å². The summed E-state index contributed by atoms with van der Waals surface area (Å²) in [5.41, 5.74) is 0. The molecule has 86 valence electrons. The summed E-state index contributed by atoms with van der Waals surface area (Å²) < 4.78 is 12.2. The quantitative estimate of drug-likeness (QED) is 0.674. The highest BCUT2D eigenvalue weighted by Gasteiger charge is 2.05. The number of methoxy groups -OCH3 is 2. The van der Waals surface area contributed by atoms with Gasteiger partial charge < -0.3 is 19.4 Å².